The predicted octanol–water partition coefficient (Wildman–Crippen LogP) is 3.60. The topological polar surface area (TPSA) is 48.4 Å². The summed E-state index contributed by atoms with van der Waals surface area (Å²) in [6, 6.07) is 7.75. The minimum absolute atomic E-state index is 0.188. The van der Waals surface area contributed by atoms with Crippen LogP contribution in [0.25, 0.3) is 10.9 Å². The van der Waals surface area contributed by atoms with Gasteiger partial charge < -0.3 is 9.47 Å². The highest BCUT2D eigenvalue weighted by Gasteiger charge is 2.09. The Morgan fingerprint density at radius 2 is 2.14 bits per heavy atom. The molecule has 1 aromatic heterocycles. The number of thioether (sulfide) groups is 1. The van der Waals surface area contributed by atoms with E-state index < -0.39 is 0 Å². The lowest BCUT2D eigenvalue weighted by Gasteiger charge is -2.09. The lowest BCUT2D eigenvalue weighted by atomic mass is 10.2. The Kier molecular flexibility index (Phi) is 5.44. The van der Waals surface area contributed by atoms with Crippen molar-refractivity contribution in [3.8, 4) is 5.75 Å². The van der Waals surface area contributed by atoms with Crippen LogP contribution in [0.1, 0.15) is 19.0 Å². The zero-order chi connectivity index (χ0) is 15.2. The van der Waals surface area contributed by atoms with E-state index in [0.717, 1.165) is 33.7 Å². The summed E-state index contributed by atoms with van der Waals surface area (Å²) in [5.74, 6) is 0.895. The maximum absolute atomic E-state index is 11.6. The van der Waals surface area contributed by atoms with Gasteiger partial charge in [-0.05, 0) is 37.6 Å². The van der Waals surface area contributed by atoms with Crippen molar-refractivity contribution in [2.45, 2.75) is 25.2 Å². The largest absolute Gasteiger partial charge is 0.497 e. The normalized spacial score (nSPS) is 10.6. The Bertz CT molecular complexity index is 643. The SMILES string of the molecule is CCCOC(=O)CSc1cc(C)nc2ccc(OC)cc12. The van der Waals surface area contributed by atoms with Crippen molar-refractivity contribution in [1.82, 2.24) is 4.98 Å². The summed E-state index contributed by atoms with van der Waals surface area (Å²) >= 11 is 1.47. The smallest absolute Gasteiger partial charge is 0.316 e. The first-order valence-electron chi connectivity index (χ1n) is 6.88. The average molecular weight is 305 g/mol. The number of aryl methyl sites for hydroxylation is 1. The Hall–Kier alpha value is -1.75. The van der Waals surface area contributed by atoms with E-state index in [9.17, 15) is 4.79 Å². The molecule has 5 heteroatoms. The van der Waals surface area contributed by atoms with Gasteiger partial charge in [-0.2, -0.15) is 0 Å². The first kappa shape index (κ1) is 15.6. The van der Waals surface area contributed by atoms with E-state index >= 15 is 0 Å². The summed E-state index contributed by atoms with van der Waals surface area (Å²) in [5.41, 5.74) is 1.83. The molecule has 0 fully saturated rings. The molecule has 2 rings (SSSR count). The quantitative estimate of drug-likeness (QED) is 0.603. The highest BCUT2D eigenvalue weighted by molar-refractivity contribution is 8.00. The second-order valence-electron chi connectivity index (χ2n) is 4.65. The third-order valence-electron chi connectivity index (χ3n) is 2.92. The van der Waals surface area contributed by atoms with E-state index in [1.165, 1.54) is 11.8 Å². The van der Waals surface area contributed by atoms with Gasteiger partial charge in [0.1, 0.15) is 5.75 Å². The monoisotopic (exact) mass is 305 g/mol. The van der Waals surface area contributed by atoms with Crippen molar-refractivity contribution in [2.75, 3.05) is 19.5 Å². The highest BCUT2D eigenvalue weighted by Crippen LogP contribution is 2.30. The van der Waals surface area contributed by atoms with Crippen LogP contribution in [0.15, 0.2) is 29.2 Å². The van der Waals surface area contributed by atoms with Crippen molar-refractivity contribution < 1.29 is 14.3 Å². The van der Waals surface area contributed by atoms with E-state index in [1.807, 2.05) is 38.1 Å². The third-order valence-corrected chi connectivity index (χ3v) is 3.95. The number of nitrogens with zero attached hydrogens (tertiary/aromatic N) is 1. The zero-order valence-corrected chi connectivity index (χ0v) is 13.3. The van der Waals surface area contributed by atoms with Crippen LogP contribution in [-0.2, 0) is 9.53 Å². The minimum Gasteiger partial charge on any atom is -0.497 e. The first-order chi connectivity index (χ1) is 10.1. The molecular formula is C16H19NO3S. The van der Waals surface area contributed by atoms with Crippen LogP contribution in [0, 0.1) is 6.92 Å². The number of aromatic nitrogens is 1. The van der Waals surface area contributed by atoms with Crippen LogP contribution >= 0.6 is 11.8 Å². The van der Waals surface area contributed by atoms with Gasteiger partial charge in [0.05, 0.1) is 25.0 Å². The van der Waals surface area contributed by atoms with Gasteiger partial charge in [0.25, 0.3) is 0 Å². The number of rotatable bonds is 6. The fourth-order valence-electron chi connectivity index (χ4n) is 1.94. The molecule has 0 saturated heterocycles. The Balaban J connectivity index is 2.23. The van der Waals surface area contributed by atoms with Crippen LogP contribution in [0.4, 0.5) is 0 Å². The van der Waals surface area contributed by atoms with Gasteiger partial charge in [0.15, 0.2) is 0 Å². The van der Waals surface area contributed by atoms with Crippen molar-refractivity contribution in [1.29, 1.82) is 0 Å². The molecule has 1 heterocycles. The van der Waals surface area contributed by atoms with Crippen molar-refractivity contribution in [2.24, 2.45) is 0 Å². The number of benzene rings is 1. The number of fused-ring (bicyclic) bond motifs is 1. The Morgan fingerprint density at radius 1 is 1.33 bits per heavy atom. The van der Waals surface area contributed by atoms with Gasteiger partial charge in [0, 0.05) is 16.0 Å². The van der Waals surface area contributed by atoms with Gasteiger partial charge in [-0.25, -0.2) is 0 Å². The van der Waals surface area contributed by atoms with Gasteiger partial charge in [-0.1, -0.05) is 6.92 Å². The molecule has 0 N–H and O–H groups in total. The Labute approximate surface area is 128 Å². The number of hydrogen-bond acceptors (Lipinski definition) is 5. The predicted molar refractivity (Wildman–Crippen MR) is 85.0 cm³/mol. The molecule has 0 radical (unpaired) electrons. The van der Waals surface area contributed by atoms with E-state index in [4.69, 9.17) is 9.47 Å². The standard InChI is InChI=1S/C16H19NO3S/c1-4-7-20-16(18)10-21-15-8-11(2)17-14-6-5-12(19-3)9-13(14)15/h5-6,8-9H,4,7,10H2,1-3H3. The van der Waals surface area contributed by atoms with Crippen LogP contribution < -0.4 is 4.74 Å². The molecule has 0 aliphatic carbocycles. The van der Waals surface area contributed by atoms with Gasteiger partial charge >= 0.3 is 5.97 Å². The van der Waals surface area contributed by atoms with E-state index in [1.54, 1.807) is 7.11 Å². The molecule has 21 heavy (non-hydrogen) atoms. The molecule has 1 aromatic carbocycles. The molecule has 0 spiro atoms. The summed E-state index contributed by atoms with van der Waals surface area (Å²) in [6.07, 6.45) is 0.838. The molecule has 112 valence electrons. The molecule has 0 aliphatic heterocycles. The van der Waals surface area contributed by atoms with Crippen molar-refractivity contribution in [3.63, 3.8) is 0 Å². The lowest BCUT2D eigenvalue weighted by molar-refractivity contribution is -0.140. The number of ether oxygens (including phenoxy) is 2. The number of esters is 1. The van der Waals surface area contributed by atoms with Gasteiger partial charge in [0.2, 0.25) is 0 Å². The van der Waals surface area contributed by atoms with E-state index in [-0.39, 0.29) is 5.97 Å². The molecule has 0 unspecified atom stereocenters. The van der Waals surface area contributed by atoms with E-state index in [0.29, 0.717) is 12.4 Å². The average Bonchev–Trinajstić information content (AvgIpc) is 2.50. The number of pyridine rings is 1. The highest BCUT2D eigenvalue weighted by atomic mass is 32.2. The van der Waals surface area contributed by atoms with Gasteiger partial charge in [-0.15, -0.1) is 11.8 Å². The Morgan fingerprint density at radius 3 is 2.86 bits per heavy atom. The molecule has 4 nitrogen and oxygen atoms in total. The number of methoxy groups -OCH3 is 1. The maximum atomic E-state index is 11.6. The van der Waals surface area contributed by atoms with E-state index in [2.05, 4.69) is 4.98 Å². The summed E-state index contributed by atoms with van der Waals surface area (Å²) in [6.45, 7) is 4.40. The number of carbonyl (C=O) groups excluding carboxylic acids is 1. The fourth-order valence-corrected chi connectivity index (χ4v) is 2.87. The van der Waals surface area contributed by atoms with Crippen LogP contribution in [0.3, 0.4) is 0 Å². The van der Waals surface area contributed by atoms with Crippen molar-refractivity contribution in [3.05, 3.63) is 30.0 Å². The number of carbonyl (C=O) groups is 1. The van der Waals surface area contributed by atoms with Crippen LogP contribution in [-0.4, -0.2) is 30.4 Å². The summed E-state index contributed by atoms with van der Waals surface area (Å²) in [7, 11) is 1.64. The third kappa shape index (κ3) is 4.11. The minimum atomic E-state index is -0.188. The molecule has 0 bridgehead atoms. The molecular weight excluding hydrogens is 286 g/mol. The zero-order valence-electron chi connectivity index (χ0n) is 12.5. The van der Waals surface area contributed by atoms with Crippen LogP contribution in [0.5, 0.6) is 5.75 Å². The molecule has 0 atom stereocenters. The second kappa shape index (κ2) is 7.31. The fraction of sp³-hybridized carbons (Fsp3) is 0.375. The van der Waals surface area contributed by atoms with Crippen molar-refractivity contribution >= 4 is 28.6 Å². The summed E-state index contributed by atoms with van der Waals surface area (Å²) in [5, 5.41) is 0.994. The maximum Gasteiger partial charge on any atom is 0.316 e. The molecule has 0 aliphatic rings. The summed E-state index contributed by atoms with van der Waals surface area (Å²) in [4.78, 5) is 17.2. The van der Waals surface area contributed by atoms with Crippen LogP contribution in [0.2, 0.25) is 0 Å². The first-order valence-corrected chi connectivity index (χ1v) is 7.86. The van der Waals surface area contributed by atoms with Gasteiger partial charge in [-0.3, -0.25) is 9.78 Å². The lowest BCUT2D eigenvalue weighted by Crippen LogP contribution is -2.07. The molecule has 0 amide bonds. The second-order valence-corrected chi connectivity index (χ2v) is 5.67. The summed E-state index contributed by atoms with van der Waals surface area (Å²) < 4.78 is 10.4. The molecule has 2 aromatic rings. The number of hydrogen-bond donors (Lipinski definition) is 0. The molecule has 0 saturated carbocycles.